The van der Waals surface area contributed by atoms with Gasteiger partial charge in [-0.3, -0.25) is 0 Å². The largest absolute Gasteiger partial charge is 0.396 e. The Morgan fingerprint density at radius 3 is 2.55 bits per heavy atom. The minimum Gasteiger partial charge on any atom is -0.396 e. The number of rotatable bonds is 2. The number of benzene rings is 2. The van der Waals surface area contributed by atoms with E-state index in [1.54, 1.807) is 16.9 Å². The van der Waals surface area contributed by atoms with E-state index in [2.05, 4.69) is 5.10 Å². The molecule has 0 aliphatic heterocycles. The zero-order valence-electron chi connectivity index (χ0n) is 10.4. The number of nitrogens with zero attached hydrogens (tertiary/aromatic N) is 2. The van der Waals surface area contributed by atoms with Crippen LogP contribution in [0.2, 0.25) is 5.02 Å². The molecule has 3 aromatic rings. The summed E-state index contributed by atoms with van der Waals surface area (Å²) in [6.45, 7) is 0. The Bertz CT molecular complexity index is 753. The standard InChI is InChI=1S/C15H11ClFN3/c16-13-8-10(17)6-7-12(13)15-14(18)9-20(19-15)11-4-2-1-3-5-11/h1-9H,18H2. The number of para-hydroxylation sites is 1. The Balaban J connectivity index is 2.10. The molecule has 0 atom stereocenters. The van der Waals surface area contributed by atoms with Crippen molar-refractivity contribution in [2.24, 2.45) is 0 Å². The number of nitrogens with two attached hydrogens (primary N) is 1. The van der Waals surface area contributed by atoms with E-state index >= 15 is 0 Å². The van der Waals surface area contributed by atoms with E-state index in [1.807, 2.05) is 30.3 Å². The number of hydrogen-bond donors (Lipinski definition) is 1. The molecule has 0 saturated carbocycles. The molecule has 1 aromatic heterocycles. The lowest BCUT2D eigenvalue weighted by Gasteiger charge is -2.02. The Labute approximate surface area is 120 Å². The molecule has 5 heteroatoms. The second-order valence-electron chi connectivity index (χ2n) is 4.34. The van der Waals surface area contributed by atoms with Gasteiger partial charge in [-0.15, -0.1) is 0 Å². The van der Waals surface area contributed by atoms with Gasteiger partial charge in [0.1, 0.15) is 11.5 Å². The lowest BCUT2D eigenvalue weighted by Crippen LogP contribution is -1.94. The van der Waals surface area contributed by atoms with Crippen molar-refractivity contribution in [1.82, 2.24) is 9.78 Å². The third kappa shape index (κ3) is 2.26. The molecule has 0 bridgehead atoms. The van der Waals surface area contributed by atoms with Gasteiger partial charge >= 0.3 is 0 Å². The molecule has 20 heavy (non-hydrogen) atoms. The molecule has 100 valence electrons. The molecule has 0 fully saturated rings. The lowest BCUT2D eigenvalue weighted by molar-refractivity contribution is 0.628. The monoisotopic (exact) mass is 287 g/mol. The Morgan fingerprint density at radius 1 is 1.10 bits per heavy atom. The van der Waals surface area contributed by atoms with Crippen LogP contribution in [0.15, 0.2) is 54.7 Å². The molecule has 0 amide bonds. The molecule has 1 heterocycles. The molecule has 0 aliphatic carbocycles. The highest BCUT2D eigenvalue weighted by atomic mass is 35.5. The normalized spacial score (nSPS) is 10.7. The van der Waals surface area contributed by atoms with Gasteiger partial charge in [0.2, 0.25) is 0 Å². The van der Waals surface area contributed by atoms with Gasteiger partial charge in [0.15, 0.2) is 0 Å². The molecular weight excluding hydrogens is 277 g/mol. The van der Waals surface area contributed by atoms with Crippen LogP contribution in [0, 0.1) is 5.82 Å². The molecule has 2 N–H and O–H groups in total. The minimum absolute atomic E-state index is 0.287. The van der Waals surface area contributed by atoms with E-state index < -0.39 is 0 Å². The fourth-order valence-electron chi connectivity index (χ4n) is 1.99. The van der Waals surface area contributed by atoms with Gasteiger partial charge in [-0.2, -0.15) is 5.10 Å². The van der Waals surface area contributed by atoms with Crippen LogP contribution in [0.1, 0.15) is 0 Å². The van der Waals surface area contributed by atoms with E-state index in [0.717, 1.165) is 5.69 Å². The molecule has 3 nitrogen and oxygen atoms in total. The SMILES string of the molecule is Nc1cn(-c2ccccc2)nc1-c1ccc(F)cc1Cl. The van der Waals surface area contributed by atoms with Crippen LogP contribution in [0.3, 0.4) is 0 Å². The Morgan fingerprint density at radius 2 is 1.85 bits per heavy atom. The maximum atomic E-state index is 13.1. The summed E-state index contributed by atoms with van der Waals surface area (Å²) in [5.41, 5.74) is 8.51. The second-order valence-corrected chi connectivity index (χ2v) is 4.74. The van der Waals surface area contributed by atoms with Gasteiger partial charge in [-0.05, 0) is 30.3 Å². The van der Waals surface area contributed by atoms with E-state index in [1.165, 1.54) is 12.1 Å². The van der Waals surface area contributed by atoms with E-state index in [0.29, 0.717) is 16.9 Å². The summed E-state index contributed by atoms with van der Waals surface area (Å²) in [6.07, 6.45) is 1.71. The Kier molecular flexibility index (Phi) is 3.16. The summed E-state index contributed by atoms with van der Waals surface area (Å²) in [5.74, 6) is -0.389. The zero-order chi connectivity index (χ0) is 14.1. The predicted molar refractivity (Wildman–Crippen MR) is 78.4 cm³/mol. The lowest BCUT2D eigenvalue weighted by atomic mass is 10.1. The highest BCUT2D eigenvalue weighted by Crippen LogP contribution is 2.31. The van der Waals surface area contributed by atoms with Crippen molar-refractivity contribution in [3.8, 4) is 16.9 Å². The van der Waals surface area contributed by atoms with E-state index in [-0.39, 0.29) is 10.8 Å². The molecule has 3 rings (SSSR count). The van der Waals surface area contributed by atoms with Crippen LogP contribution < -0.4 is 5.73 Å². The van der Waals surface area contributed by atoms with Gasteiger partial charge in [-0.1, -0.05) is 29.8 Å². The molecule has 0 aliphatic rings. The summed E-state index contributed by atoms with van der Waals surface area (Å²) in [5, 5.41) is 4.71. The van der Waals surface area contributed by atoms with Crippen LogP contribution >= 0.6 is 11.6 Å². The maximum Gasteiger partial charge on any atom is 0.124 e. The third-order valence-electron chi connectivity index (χ3n) is 2.95. The number of hydrogen-bond acceptors (Lipinski definition) is 2. The minimum atomic E-state index is -0.389. The second kappa shape index (κ2) is 4.98. The van der Waals surface area contributed by atoms with Crippen molar-refractivity contribution >= 4 is 17.3 Å². The first kappa shape index (κ1) is 12.7. The van der Waals surface area contributed by atoms with Crippen LogP contribution in [0.5, 0.6) is 0 Å². The Hall–Kier alpha value is -2.33. The number of nitrogen functional groups attached to an aromatic ring is 1. The average Bonchev–Trinajstić information content (AvgIpc) is 2.82. The van der Waals surface area contributed by atoms with Crippen LogP contribution in [-0.4, -0.2) is 9.78 Å². The first-order valence-electron chi connectivity index (χ1n) is 6.01. The predicted octanol–water partition coefficient (Wildman–Crippen LogP) is 3.91. The van der Waals surface area contributed by atoms with Gasteiger partial charge in [-0.25, -0.2) is 9.07 Å². The van der Waals surface area contributed by atoms with Crippen molar-refractivity contribution in [3.63, 3.8) is 0 Å². The van der Waals surface area contributed by atoms with Gasteiger partial charge in [0, 0.05) is 5.56 Å². The zero-order valence-corrected chi connectivity index (χ0v) is 11.2. The highest BCUT2D eigenvalue weighted by molar-refractivity contribution is 6.33. The smallest absolute Gasteiger partial charge is 0.124 e. The number of anilines is 1. The molecule has 0 unspecified atom stereocenters. The number of halogens is 2. The van der Waals surface area contributed by atoms with Gasteiger partial charge in [0.05, 0.1) is 22.6 Å². The van der Waals surface area contributed by atoms with Crippen molar-refractivity contribution in [3.05, 3.63) is 65.6 Å². The first-order valence-corrected chi connectivity index (χ1v) is 6.39. The summed E-state index contributed by atoms with van der Waals surface area (Å²) in [7, 11) is 0. The van der Waals surface area contributed by atoms with Crippen LogP contribution in [-0.2, 0) is 0 Å². The molecule has 2 aromatic carbocycles. The fourth-order valence-corrected chi connectivity index (χ4v) is 2.25. The van der Waals surface area contributed by atoms with Crippen LogP contribution in [0.25, 0.3) is 16.9 Å². The summed E-state index contributed by atoms with van der Waals surface area (Å²) in [4.78, 5) is 0. The van der Waals surface area contributed by atoms with Crippen molar-refractivity contribution in [2.45, 2.75) is 0 Å². The van der Waals surface area contributed by atoms with Gasteiger partial charge < -0.3 is 5.73 Å². The van der Waals surface area contributed by atoms with E-state index in [9.17, 15) is 4.39 Å². The van der Waals surface area contributed by atoms with Crippen molar-refractivity contribution in [1.29, 1.82) is 0 Å². The summed E-state index contributed by atoms with van der Waals surface area (Å²) >= 11 is 6.05. The molecule has 0 saturated heterocycles. The van der Waals surface area contributed by atoms with Crippen molar-refractivity contribution < 1.29 is 4.39 Å². The first-order chi connectivity index (χ1) is 9.65. The third-order valence-corrected chi connectivity index (χ3v) is 3.26. The number of aromatic nitrogens is 2. The van der Waals surface area contributed by atoms with E-state index in [4.69, 9.17) is 17.3 Å². The highest BCUT2D eigenvalue weighted by Gasteiger charge is 2.13. The topological polar surface area (TPSA) is 43.8 Å². The molecular formula is C15H11ClFN3. The van der Waals surface area contributed by atoms with Crippen molar-refractivity contribution in [2.75, 3.05) is 5.73 Å². The van der Waals surface area contributed by atoms with Crippen LogP contribution in [0.4, 0.5) is 10.1 Å². The maximum absolute atomic E-state index is 13.1. The van der Waals surface area contributed by atoms with Gasteiger partial charge in [0.25, 0.3) is 0 Å². The molecule has 0 radical (unpaired) electrons. The molecule has 0 spiro atoms. The fraction of sp³-hybridized carbons (Fsp3) is 0. The average molecular weight is 288 g/mol. The summed E-state index contributed by atoms with van der Waals surface area (Å²) < 4.78 is 14.8. The quantitative estimate of drug-likeness (QED) is 0.776. The summed E-state index contributed by atoms with van der Waals surface area (Å²) in [6, 6.07) is 13.8.